The molecule has 0 spiro atoms. The van der Waals surface area contributed by atoms with Crippen molar-refractivity contribution in [2.24, 2.45) is 5.10 Å². The molecule has 1 N–H and O–H groups in total. The van der Waals surface area contributed by atoms with Crippen molar-refractivity contribution < 1.29 is 17.4 Å². The molecular weight excluding hydrogens is 448 g/mol. The Morgan fingerprint density at radius 2 is 1.47 bits per heavy atom. The highest BCUT2D eigenvalue weighted by atomic mass is 35.5. The van der Waals surface area contributed by atoms with E-state index in [4.69, 9.17) is 15.8 Å². The Morgan fingerprint density at radius 1 is 0.938 bits per heavy atom. The lowest BCUT2D eigenvalue weighted by Crippen LogP contribution is -2.24. The summed E-state index contributed by atoms with van der Waals surface area (Å²) in [7, 11) is -3.65. The summed E-state index contributed by atoms with van der Waals surface area (Å²) >= 11 is 5.95. The molecule has 0 aliphatic heterocycles. The Labute approximate surface area is 193 Å². The normalized spacial score (nSPS) is 12.1. The number of carbonyl (C=O) groups is 1. The molecule has 0 aliphatic rings. The highest BCUT2D eigenvalue weighted by Crippen LogP contribution is 2.23. The van der Waals surface area contributed by atoms with E-state index in [0.717, 1.165) is 22.9 Å². The Kier molecular flexibility index (Phi) is 8.16. The number of rotatable bonds is 9. The smallest absolute Gasteiger partial charge is 0.264 e. The summed E-state index contributed by atoms with van der Waals surface area (Å²) in [5.74, 6) is -0.861. The Balaban J connectivity index is 1.80. The van der Waals surface area contributed by atoms with E-state index in [9.17, 15) is 13.2 Å². The van der Waals surface area contributed by atoms with Crippen molar-refractivity contribution in [3.05, 3.63) is 107 Å². The van der Waals surface area contributed by atoms with Crippen LogP contribution in [0.4, 0.5) is 0 Å². The number of hydrogen-bond donors (Lipinski definition) is 1. The summed E-state index contributed by atoms with van der Waals surface area (Å²) in [5.41, 5.74) is 5.68. The van der Waals surface area contributed by atoms with Crippen LogP contribution in [0.15, 0.2) is 90.0 Å². The molecule has 6 nitrogen and oxygen atoms in total. The number of hydrazone groups is 1. The maximum absolute atomic E-state index is 12.7. The fraction of sp³-hybridized carbons (Fsp3) is 0.167. The molecule has 1 atom stereocenters. The lowest BCUT2D eigenvalue weighted by Gasteiger charge is -2.16. The van der Waals surface area contributed by atoms with Crippen LogP contribution in [0.25, 0.3) is 0 Å². The average molecular weight is 471 g/mol. The van der Waals surface area contributed by atoms with Crippen LogP contribution < -0.4 is 5.43 Å². The lowest BCUT2D eigenvalue weighted by molar-refractivity contribution is -0.121. The van der Waals surface area contributed by atoms with Crippen LogP contribution in [0.1, 0.15) is 29.0 Å². The molecule has 1 amide bonds. The zero-order valence-electron chi connectivity index (χ0n) is 17.4. The first-order chi connectivity index (χ1) is 15.3. The van der Waals surface area contributed by atoms with Crippen LogP contribution in [0.2, 0.25) is 5.02 Å². The molecule has 0 heterocycles. The molecule has 3 aromatic carbocycles. The minimum Gasteiger partial charge on any atom is -0.273 e. The van der Waals surface area contributed by atoms with Crippen molar-refractivity contribution in [3.8, 4) is 0 Å². The minimum absolute atomic E-state index is 0.0164. The Morgan fingerprint density at radius 3 is 1.97 bits per heavy atom. The second-order valence-corrected chi connectivity index (χ2v) is 9.25. The van der Waals surface area contributed by atoms with Gasteiger partial charge in [0.05, 0.1) is 18.6 Å². The van der Waals surface area contributed by atoms with Crippen molar-refractivity contribution in [2.75, 3.05) is 12.9 Å². The van der Waals surface area contributed by atoms with E-state index in [1.54, 1.807) is 24.3 Å². The maximum Gasteiger partial charge on any atom is 0.264 e. The van der Waals surface area contributed by atoms with Crippen molar-refractivity contribution in [2.45, 2.75) is 12.3 Å². The van der Waals surface area contributed by atoms with Gasteiger partial charge < -0.3 is 0 Å². The van der Waals surface area contributed by atoms with Crippen LogP contribution >= 0.6 is 11.6 Å². The highest BCUT2D eigenvalue weighted by Gasteiger charge is 2.19. The molecule has 0 fully saturated rings. The Hall–Kier alpha value is -3.00. The van der Waals surface area contributed by atoms with E-state index >= 15 is 0 Å². The maximum atomic E-state index is 12.7. The molecule has 0 aromatic heterocycles. The van der Waals surface area contributed by atoms with Gasteiger partial charge in [0.2, 0.25) is 5.91 Å². The van der Waals surface area contributed by atoms with Gasteiger partial charge in [0.15, 0.2) is 0 Å². The topological polar surface area (TPSA) is 84.8 Å². The van der Waals surface area contributed by atoms with E-state index in [1.807, 2.05) is 60.7 Å². The zero-order valence-corrected chi connectivity index (χ0v) is 19.0. The average Bonchev–Trinajstić information content (AvgIpc) is 2.78. The second kappa shape index (κ2) is 11.0. The molecule has 0 saturated carbocycles. The van der Waals surface area contributed by atoms with Crippen molar-refractivity contribution >= 4 is 33.3 Å². The fourth-order valence-corrected chi connectivity index (χ4v) is 3.63. The molecule has 0 radical (unpaired) electrons. The minimum atomic E-state index is -3.65. The van der Waals surface area contributed by atoms with Gasteiger partial charge >= 0.3 is 0 Å². The van der Waals surface area contributed by atoms with E-state index in [0.29, 0.717) is 10.7 Å². The quantitative estimate of drug-likeness (QED) is 0.286. The standard InChI is InChI=1S/C24H23ClN2O4S/c1-32(29,30)31-17-21(18-12-14-22(25)15-13-18)16-23(28)26-27-24(19-8-4-2-5-9-19)20-10-6-3-7-11-20/h2-15,21H,16-17H2,1H3,(H,26,28). The molecule has 0 bridgehead atoms. The summed E-state index contributed by atoms with van der Waals surface area (Å²) < 4.78 is 27.9. The molecule has 166 valence electrons. The molecule has 32 heavy (non-hydrogen) atoms. The third-order valence-corrected chi connectivity index (χ3v) is 5.46. The van der Waals surface area contributed by atoms with Gasteiger partial charge in [-0.25, -0.2) is 5.43 Å². The first-order valence-electron chi connectivity index (χ1n) is 9.89. The Bertz CT molecular complexity index is 1120. The first-order valence-corrected chi connectivity index (χ1v) is 12.1. The molecule has 8 heteroatoms. The molecule has 0 aliphatic carbocycles. The van der Waals surface area contributed by atoms with Gasteiger partial charge in [-0.05, 0) is 17.7 Å². The predicted molar refractivity (Wildman–Crippen MR) is 126 cm³/mol. The van der Waals surface area contributed by atoms with Gasteiger partial charge in [0, 0.05) is 28.5 Å². The summed E-state index contributed by atoms with van der Waals surface area (Å²) in [6, 6.07) is 25.9. The van der Waals surface area contributed by atoms with E-state index < -0.39 is 16.0 Å². The summed E-state index contributed by atoms with van der Waals surface area (Å²) in [6.45, 7) is -0.165. The SMILES string of the molecule is CS(=O)(=O)OCC(CC(=O)NN=C(c1ccccc1)c1ccccc1)c1ccc(Cl)cc1. The van der Waals surface area contributed by atoms with Crippen LogP contribution in [0.5, 0.6) is 0 Å². The third kappa shape index (κ3) is 7.30. The van der Waals surface area contributed by atoms with E-state index in [-0.39, 0.29) is 18.9 Å². The number of nitrogens with one attached hydrogen (secondary N) is 1. The van der Waals surface area contributed by atoms with E-state index in [2.05, 4.69) is 10.5 Å². The number of benzene rings is 3. The summed E-state index contributed by atoms with van der Waals surface area (Å²) in [4.78, 5) is 12.7. The molecule has 0 saturated heterocycles. The summed E-state index contributed by atoms with van der Waals surface area (Å²) in [5, 5.41) is 4.91. The van der Waals surface area contributed by atoms with Crippen LogP contribution in [-0.4, -0.2) is 32.9 Å². The highest BCUT2D eigenvalue weighted by molar-refractivity contribution is 7.85. The number of nitrogens with zero attached hydrogens (tertiary/aromatic N) is 1. The van der Waals surface area contributed by atoms with Crippen molar-refractivity contribution in [1.82, 2.24) is 5.43 Å². The fourth-order valence-electron chi connectivity index (χ4n) is 3.09. The van der Waals surface area contributed by atoms with Gasteiger partial charge in [-0.1, -0.05) is 84.4 Å². The number of amides is 1. The second-order valence-electron chi connectivity index (χ2n) is 7.17. The molecule has 3 aromatic rings. The third-order valence-electron chi connectivity index (χ3n) is 4.64. The van der Waals surface area contributed by atoms with Gasteiger partial charge in [-0.2, -0.15) is 13.5 Å². The van der Waals surface area contributed by atoms with E-state index in [1.165, 1.54) is 0 Å². The van der Waals surface area contributed by atoms with Gasteiger partial charge in [-0.15, -0.1) is 0 Å². The van der Waals surface area contributed by atoms with Crippen LogP contribution in [-0.2, 0) is 19.1 Å². The van der Waals surface area contributed by atoms with Gasteiger partial charge in [0.1, 0.15) is 0 Å². The monoisotopic (exact) mass is 470 g/mol. The zero-order chi connectivity index (χ0) is 23.0. The largest absolute Gasteiger partial charge is 0.273 e. The van der Waals surface area contributed by atoms with Crippen LogP contribution in [0, 0.1) is 0 Å². The van der Waals surface area contributed by atoms with Gasteiger partial charge in [0.25, 0.3) is 10.1 Å². The predicted octanol–water partition coefficient (Wildman–Crippen LogP) is 4.36. The van der Waals surface area contributed by atoms with Crippen molar-refractivity contribution in [1.29, 1.82) is 0 Å². The van der Waals surface area contributed by atoms with Crippen molar-refractivity contribution in [3.63, 3.8) is 0 Å². The lowest BCUT2D eigenvalue weighted by atomic mass is 9.96. The molecule has 1 unspecified atom stereocenters. The van der Waals surface area contributed by atoms with Crippen LogP contribution in [0.3, 0.4) is 0 Å². The number of halogens is 1. The molecule has 3 rings (SSSR count). The summed E-state index contributed by atoms with van der Waals surface area (Å²) in [6.07, 6.45) is 0.958. The first kappa shape index (κ1) is 23.7. The number of hydrogen-bond acceptors (Lipinski definition) is 5. The van der Waals surface area contributed by atoms with Gasteiger partial charge in [-0.3, -0.25) is 8.98 Å². The molecular formula is C24H23ClN2O4S. The number of carbonyl (C=O) groups excluding carboxylic acids is 1.